The largest absolute Gasteiger partial charge is 0.368 e. The highest BCUT2D eigenvalue weighted by molar-refractivity contribution is 7.13. The predicted molar refractivity (Wildman–Crippen MR) is 120 cm³/mol. The molecule has 6 nitrogen and oxygen atoms in total. The summed E-state index contributed by atoms with van der Waals surface area (Å²) in [5.74, 6) is 0.0373. The fourth-order valence-corrected chi connectivity index (χ4v) is 5.08. The minimum Gasteiger partial charge on any atom is -0.368 e. The van der Waals surface area contributed by atoms with Gasteiger partial charge < -0.3 is 15.0 Å². The van der Waals surface area contributed by atoms with Crippen LogP contribution in [0.25, 0.3) is 10.4 Å². The highest BCUT2D eigenvalue weighted by atomic mass is 32.1. The minimum absolute atomic E-state index is 0.0107. The summed E-state index contributed by atoms with van der Waals surface area (Å²) in [7, 11) is 0. The van der Waals surface area contributed by atoms with E-state index in [0.29, 0.717) is 31.5 Å². The monoisotopic (exact) mass is 440 g/mol. The maximum Gasteiger partial charge on any atom is 0.251 e. The lowest BCUT2D eigenvalue weighted by atomic mass is 9.95. The molecule has 4 rings (SSSR count). The first-order valence-corrected chi connectivity index (χ1v) is 11.8. The smallest absolute Gasteiger partial charge is 0.251 e. The van der Waals surface area contributed by atoms with E-state index in [4.69, 9.17) is 4.74 Å². The van der Waals surface area contributed by atoms with Crippen LogP contribution < -0.4 is 5.32 Å². The lowest BCUT2D eigenvalue weighted by molar-refractivity contribution is -0.141. The van der Waals surface area contributed by atoms with Crippen molar-refractivity contribution in [1.29, 1.82) is 0 Å². The van der Waals surface area contributed by atoms with Crippen molar-refractivity contribution in [2.24, 2.45) is 5.92 Å². The summed E-state index contributed by atoms with van der Waals surface area (Å²) >= 11 is 1.67. The first kappa shape index (κ1) is 21.7. The number of Topliss-reactive ketones (excluding diaryl/α,β-unsaturated/α-hetero) is 1. The van der Waals surface area contributed by atoms with Gasteiger partial charge in [0, 0.05) is 30.0 Å². The van der Waals surface area contributed by atoms with Gasteiger partial charge in [-0.3, -0.25) is 14.4 Å². The number of rotatable bonds is 7. The first-order chi connectivity index (χ1) is 15.0. The Labute approximate surface area is 186 Å². The molecule has 0 saturated carbocycles. The molecular formula is C24H28N2O4S. The maximum atomic E-state index is 12.8. The molecule has 2 amide bonds. The number of piperidine rings is 1. The van der Waals surface area contributed by atoms with E-state index in [1.807, 2.05) is 42.6 Å². The maximum absolute atomic E-state index is 12.8. The van der Waals surface area contributed by atoms with E-state index in [0.717, 1.165) is 18.4 Å². The van der Waals surface area contributed by atoms with Crippen LogP contribution in [0.2, 0.25) is 0 Å². The summed E-state index contributed by atoms with van der Waals surface area (Å²) in [6.45, 7) is 3.26. The molecule has 2 fully saturated rings. The van der Waals surface area contributed by atoms with Crippen molar-refractivity contribution in [3.8, 4) is 10.4 Å². The normalized spacial score (nSPS) is 21.6. The number of benzene rings is 1. The van der Waals surface area contributed by atoms with E-state index in [-0.39, 0.29) is 36.2 Å². The Kier molecular flexibility index (Phi) is 6.83. The number of hydrogen-bond acceptors (Lipinski definition) is 5. The quantitative estimate of drug-likeness (QED) is 0.715. The van der Waals surface area contributed by atoms with Gasteiger partial charge >= 0.3 is 0 Å². The number of hydrogen-bond donors (Lipinski definition) is 1. The molecule has 3 unspecified atom stereocenters. The topological polar surface area (TPSA) is 75.7 Å². The molecule has 0 spiro atoms. The van der Waals surface area contributed by atoms with Crippen LogP contribution in [0.15, 0.2) is 41.8 Å². The number of carbonyl (C=O) groups excluding carboxylic acids is 3. The number of ketones is 1. The fraction of sp³-hybridized carbons (Fsp3) is 0.458. The average Bonchev–Trinajstić information content (AvgIpc) is 3.44. The van der Waals surface area contributed by atoms with Crippen molar-refractivity contribution in [2.75, 3.05) is 19.7 Å². The minimum atomic E-state index is -0.398. The Hall–Kier alpha value is -2.51. The van der Waals surface area contributed by atoms with Gasteiger partial charge in [0.25, 0.3) is 5.91 Å². The fourth-order valence-electron chi connectivity index (χ4n) is 4.35. The van der Waals surface area contributed by atoms with E-state index in [1.54, 1.807) is 16.2 Å². The Morgan fingerprint density at radius 1 is 1.26 bits per heavy atom. The molecule has 3 atom stereocenters. The highest BCUT2D eigenvalue weighted by Crippen LogP contribution is 2.28. The summed E-state index contributed by atoms with van der Waals surface area (Å²) in [6, 6.07) is 11.3. The SMILES string of the molecule is CC(CCNC(=O)c1ccc(-c2cccs2)cc1)CC(=O)N1CCCC2OCC(=O)C21. The molecule has 164 valence electrons. The van der Waals surface area contributed by atoms with Gasteiger partial charge in [-0.2, -0.15) is 0 Å². The number of thiophene rings is 1. The van der Waals surface area contributed by atoms with Gasteiger partial charge in [0.15, 0.2) is 5.78 Å². The number of ether oxygens (including phenoxy) is 1. The van der Waals surface area contributed by atoms with Gasteiger partial charge in [-0.05, 0) is 54.3 Å². The third kappa shape index (κ3) is 5.05. The summed E-state index contributed by atoms with van der Waals surface area (Å²) in [4.78, 5) is 40.2. The van der Waals surface area contributed by atoms with E-state index >= 15 is 0 Å². The molecule has 1 aromatic carbocycles. The molecule has 3 heterocycles. The Morgan fingerprint density at radius 2 is 2.06 bits per heavy atom. The molecule has 2 saturated heterocycles. The second-order valence-corrected chi connectivity index (χ2v) is 9.35. The number of carbonyl (C=O) groups is 3. The summed E-state index contributed by atoms with van der Waals surface area (Å²) in [5, 5.41) is 4.98. The zero-order valence-electron chi connectivity index (χ0n) is 17.7. The van der Waals surface area contributed by atoms with Crippen LogP contribution in [-0.2, 0) is 14.3 Å². The molecule has 0 aliphatic carbocycles. The van der Waals surface area contributed by atoms with Crippen LogP contribution >= 0.6 is 11.3 Å². The Bertz CT molecular complexity index is 926. The van der Waals surface area contributed by atoms with Crippen molar-refractivity contribution >= 4 is 28.9 Å². The first-order valence-electron chi connectivity index (χ1n) is 10.9. The van der Waals surface area contributed by atoms with E-state index in [1.165, 1.54) is 4.88 Å². The third-order valence-electron chi connectivity index (χ3n) is 6.06. The van der Waals surface area contributed by atoms with Crippen LogP contribution in [0.1, 0.15) is 43.0 Å². The Balaban J connectivity index is 1.22. The molecule has 2 aromatic rings. The van der Waals surface area contributed by atoms with Crippen LogP contribution in [0.5, 0.6) is 0 Å². The number of nitrogens with zero attached hydrogens (tertiary/aromatic N) is 1. The van der Waals surface area contributed by atoms with E-state index < -0.39 is 6.04 Å². The summed E-state index contributed by atoms with van der Waals surface area (Å²) in [5.41, 5.74) is 1.73. The molecular weight excluding hydrogens is 412 g/mol. The van der Waals surface area contributed by atoms with Gasteiger partial charge in [0.2, 0.25) is 5.91 Å². The van der Waals surface area contributed by atoms with Crippen LogP contribution in [0, 0.1) is 5.92 Å². The molecule has 0 bridgehead atoms. The van der Waals surface area contributed by atoms with E-state index in [2.05, 4.69) is 11.4 Å². The second-order valence-electron chi connectivity index (χ2n) is 8.40. The van der Waals surface area contributed by atoms with Crippen LogP contribution in [0.4, 0.5) is 0 Å². The van der Waals surface area contributed by atoms with Gasteiger partial charge in [-0.15, -0.1) is 11.3 Å². The highest BCUT2D eigenvalue weighted by Gasteiger charge is 2.44. The molecule has 0 radical (unpaired) electrons. The number of nitrogens with one attached hydrogen (secondary N) is 1. The van der Waals surface area contributed by atoms with Crippen molar-refractivity contribution < 1.29 is 19.1 Å². The van der Waals surface area contributed by atoms with Gasteiger partial charge in [0.1, 0.15) is 12.6 Å². The van der Waals surface area contributed by atoms with Gasteiger partial charge in [-0.25, -0.2) is 0 Å². The molecule has 31 heavy (non-hydrogen) atoms. The zero-order chi connectivity index (χ0) is 21.8. The zero-order valence-corrected chi connectivity index (χ0v) is 18.5. The summed E-state index contributed by atoms with van der Waals surface area (Å²) in [6.07, 6.45) is 2.66. The van der Waals surface area contributed by atoms with Crippen molar-refractivity contribution in [3.05, 3.63) is 47.3 Å². The number of amides is 2. The molecule has 2 aliphatic heterocycles. The lowest BCUT2D eigenvalue weighted by Crippen LogP contribution is -2.52. The van der Waals surface area contributed by atoms with Crippen LogP contribution in [0.3, 0.4) is 0 Å². The van der Waals surface area contributed by atoms with Gasteiger partial charge in [-0.1, -0.05) is 25.1 Å². The average molecular weight is 441 g/mol. The van der Waals surface area contributed by atoms with E-state index in [9.17, 15) is 14.4 Å². The predicted octanol–water partition coefficient (Wildman–Crippen LogP) is 3.52. The van der Waals surface area contributed by atoms with Gasteiger partial charge in [0.05, 0.1) is 6.10 Å². The third-order valence-corrected chi connectivity index (χ3v) is 6.98. The van der Waals surface area contributed by atoms with Crippen molar-refractivity contribution in [2.45, 2.75) is 44.8 Å². The molecule has 7 heteroatoms. The molecule has 1 aromatic heterocycles. The Morgan fingerprint density at radius 3 is 2.81 bits per heavy atom. The van der Waals surface area contributed by atoms with Crippen LogP contribution in [-0.4, -0.2) is 54.3 Å². The molecule has 2 aliphatic rings. The molecule has 1 N–H and O–H groups in total. The van der Waals surface area contributed by atoms with Crippen molar-refractivity contribution in [3.63, 3.8) is 0 Å². The number of likely N-dealkylation sites (tertiary alicyclic amines) is 1. The number of fused-ring (bicyclic) bond motifs is 1. The second kappa shape index (κ2) is 9.75. The lowest BCUT2D eigenvalue weighted by Gasteiger charge is -2.36. The van der Waals surface area contributed by atoms with Crippen molar-refractivity contribution in [1.82, 2.24) is 10.2 Å². The summed E-state index contributed by atoms with van der Waals surface area (Å²) < 4.78 is 5.53. The standard InChI is InChI=1S/C24H28N2O4S/c1-16(14-22(28)26-12-2-4-20-23(26)19(27)15-30-20)10-11-25-24(29)18-8-6-17(7-9-18)21-5-3-13-31-21/h3,5-9,13,16,20,23H,2,4,10-12,14-15H2,1H3,(H,25,29).